The number of nitrogens with one attached hydrogen (secondary N) is 1. The molecule has 4 rings (SSSR count). The van der Waals surface area contributed by atoms with Crippen LogP contribution in [0.1, 0.15) is 65.3 Å². The van der Waals surface area contributed by atoms with E-state index in [1.165, 1.54) is 35.6 Å². The first-order chi connectivity index (χ1) is 17.1. The fourth-order valence-corrected chi connectivity index (χ4v) is 8.09. The second-order valence-corrected chi connectivity index (χ2v) is 12.8. The molecular weight excluding hydrogens is 534 g/mol. The summed E-state index contributed by atoms with van der Waals surface area (Å²) >= 11 is 1.41. The smallest absolute Gasteiger partial charge is 0.341 e. The molecular formula is C26H36ClN3O5S2. The van der Waals surface area contributed by atoms with Crippen LogP contribution in [0.5, 0.6) is 0 Å². The number of likely N-dealkylation sites (N-methyl/N-ethyl adjacent to an activating group) is 1. The number of benzene rings is 1. The quantitative estimate of drug-likeness (QED) is 0.488. The summed E-state index contributed by atoms with van der Waals surface area (Å²) in [6.45, 7) is 11.8. The van der Waals surface area contributed by atoms with Gasteiger partial charge in [0.1, 0.15) is 5.00 Å². The number of halogens is 1. The number of amides is 1. The molecule has 1 aromatic carbocycles. The Morgan fingerprint density at radius 2 is 1.76 bits per heavy atom. The van der Waals surface area contributed by atoms with E-state index < -0.39 is 21.9 Å². The maximum Gasteiger partial charge on any atom is 0.341 e. The average molecular weight is 570 g/mol. The van der Waals surface area contributed by atoms with E-state index >= 15 is 0 Å². The Morgan fingerprint density at radius 1 is 1.11 bits per heavy atom. The van der Waals surface area contributed by atoms with E-state index in [4.69, 9.17) is 4.74 Å². The van der Waals surface area contributed by atoms with Gasteiger partial charge in [-0.05, 0) is 68.0 Å². The van der Waals surface area contributed by atoms with Gasteiger partial charge >= 0.3 is 5.97 Å². The standard InChI is InChI=1S/C26H35N3O5S2.ClH/c1-5-28-12-11-21-22(16-28)35-25(23(21)26(31)34-6-2)27-24(30)19-7-9-20(10-8-19)36(32,33)29-14-17(3)13-18(4)15-29;/h7-10,17-18H,5-6,11-16H2,1-4H3,(H,27,30);1H. The molecule has 3 heterocycles. The zero-order valence-corrected chi connectivity index (χ0v) is 24.2. The highest BCUT2D eigenvalue weighted by Gasteiger charge is 2.32. The molecule has 2 aromatic rings. The average Bonchev–Trinajstić information content (AvgIpc) is 3.20. The summed E-state index contributed by atoms with van der Waals surface area (Å²) in [4.78, 5) is 29.4. The van der Waals surface area contributed by atoms with E-state index in [0.29, 0.717) is 41.1 Å². The van der Waals surface area contributed by atoms with Gasteiger partial charge in [0, 0.05) is 36.6 Å². The highest BCUT2D eigenvalue weighted by atomic mass is 35.5. The van der Waals surface area contributed by atoms with Gasteiger partial charge < -0.3 is 10.1 Å². The number of carbonyl (C=O) groups excluding carboxylic acids is 2. The molecule has 37 heavy (non-hydrogen) atoms. The number of hydrogen-bond acceptors (Lipinski definition) is 7. The molecule has 2 unspecified atom stereocenters. The van der Waals surface area contributed by atoms with E-state index in [1.807, 2.05) is 0 Å². The molecule has 1 fully saturated rings. The van der Waals surface area contributed by atoms with E-state index in [2.05, 4.69) is 31.0 Å². The van der Waals surface area contributed by atoms with Gasteiger partial charge in [0.15, 0.2) is 0 Å². The van der Waals surface area contributed by atoms with Crippen LogP contribution in [0.15, 0.2) is 29.2 Å². The second kappa shape index (κ2) is 12.3. The molecule has 204 valence electrons. The normalized spacial score (nSPS) is 20.5. The number of carbonyl (C=O) groups is 2. The lowest BCUT2D eigenvalue weighted by Gasteiger charge is -2.34. The number of esters is 1. The molecule has 0 aliphatic carbocycles. The van der Waals surface area contributed by atoms with Crippen molar-refractivity contribution in [1.82, 2.24) is 9.21 Å². The Kier molecular flexibility index (Phi) is 9.79. The zero-order chi connectivity index (χ0) is 26.0. The van der Waals surface area contributed by atoms with Gasteiger partial charge in [0.25, 0.3) is 5.91 Å². The predicted octanol–water partition coefficient (Wildman–Crippen LogP) is 4.64. The van der Waals surface area contributed by atoms with Crippen LogP contribution in [-0.4, -0.2) is 62.3 Å². The van der Waals surface area contributed by atoms with Crippen molar-refractivity contribution in [3.63, 3.8) is 0 Å². The van der Waals surface area contributed by atoms with Gasteiger partial charge in [-0.25, -0.2) is 13.2 Å². The minimum absolute atomic E-state index is 0. The first-order valence-corrected chi connectivity index (χ1v) is 14.8. The fraction of sp³-hybridized carbons (Fsp3) is 0.538. The number of fused-ring (bicyclic) bond motifs is 1. The zero-order valence-electron chi connectivity index (χ0n) is 21.8. The number of ether oxygens (including phenoxy) is 1. The molecule has 0 spiro atoms. The van der Waals surface area contributed by atoms with Crippen LogP contribution in [0.3, 0.4) is 0 Å². The van der Waals surface area contributed by atoms with Crippen molar-refractivity contribution in [3.05, 3.63) is 45.8 Å². The number of hydrogen-bond donors (Lipinski definition) is 1. The topological polar surface area (TPSA) is 96.0 Å². The van der Waals surface area contributed by atoms with Crippen molar-refractivity contribution in [2.24, 2.45) is 11.8 Å². The highest BCUT2D eigenvalue weighted by molar-refractivity contribution is 7.89. The Labute approximate surface area is 229 Å². The van der Waals surface area contributed by atoms with Crippen molar-refractivity contribution >= 4 is 50.6 Å². The van der Waals surface area contributed by atoms with Gasteiger partial charge in [-0.1, -0.05) is 20.8 Å². The summed E-state index contributed by atoms with van der Waals surface area (Å²) in [5, 5.41) is 3.37. The summed E-state index contributed by atoms with van der Waals surface area (Å²) < 4.78 is 33.2. The van der Waals surface area contributed by atoms with Crippen LogP contribution >= 0.6 is 23.7 Å². The fourth-order valence-electron chi connectivity index (χ4n) is 5.14. The minimum atomic E-state index is -3.63. The van der Waals surface area contributed by atoms with E-state index in [1.54, 1.807) is 11.2 Å². The summed E-state index contributed by atoms with van der Waals surface area (Å²) in [6, 6.07) is 6.02. The molecule has 11 heteroatoms. The predicted molar refractivity (Wildman–Crippen MR) is 148 cm³/mol. The minimum Gasteiger partial charge on any atom is -0.462 e. The number of piperidine rings is 1. The van der Waals surface area contributed by atoms with E-state index in [0.717, 1.165) is 42.9 Å². The summed E-state index contributed by atoms with van der Waals surface area (Å²) in [5.74, 6) is -0.205. The number of nitrogens with zero attached hydrogens (tertiary/aromatic N) is 2. The first kappa shape index (κ1) is 29.6. The monoisotopic (exact) mass is 569 g/mol. The van der Waals surface area contributed by atoms with Crippen molar-refractivity contribution in [3.8, 4) is 0 Å². The molecule has 8 nitrogen and oxygen atoms in total. The van der Waals surface area contributed by atoms with Crippen molar-refractivity contribution in [2.75, 3.05) is 38.1 Å². The van der Waals surface area contributed by atoms with Gasteiger partial charge in [0.2, 0.25) is 10.0 Å². The third-order valence-corrected chi connectivity index (χ3v) is 9.86. The first-order valence-electron chi connectivity index (χ1n) is 12.6. The maximum atomic E-state index is 13.2. The molecule has 0 saturated carbocycles. The van der Waals surface area contributed by atoms with Crippen LogP contribution in [0.25, 0.3) is 0 Å². The van der Waals surface area contributed by atoms with E-state index in [-0.39, 0.29) is 23.9 Å². The Hall–Kier alpha value is -1.98. The largest absolute Gasteiger partial charge is 0.462 e. The van der Waals surface area contributed by atoms with Crippen LogP contribution < -0.4 is 5.32 Å². The SMILES string of the molecule is CCOC(=O)c1c(NC(=O)c2ccc(S(=O)(=O)N3CC(C)CC(C)C3)cc2)sc2c1CCN(CC)C2.Cl. The molecule has 0 radical (unpaired) electrons. The van der Waals surface area contributed by atoms with Crippen molar-refractivity contribution in [2.45, 2.75) is 52.0 Å². The van der Waals surface area contributed by atoms with Crippen molar-refractivity contribution < 1.29 is 22.7 Å². The molecule has 1 N–H and O–H groups in total. The maximum absolute atomic E-state index is 13.2. The van der Waals surface area contributed by atoms with Crippen LogP contribution in [0.4, 0.5) is 5.00 Å². The van der Waals surface area contributed by atoms with Crippen LogP contribution in [0, 0.1) is 11.8 Å². The van der Waals surface area contributed by atoms with E-state index in [9.17, 15) is 18.0 Å². The Balaban J connectivity index is 0.00000380. The van der Waals surface area contributed by atoms with Crippen molar-refractivity contribution in [1.29, 1.82) is 0 Å². The number of thiophene rings is 1. The van der Waals surface area contributed by atoms with Gasteiger partial charge in [-0.3, -0.25) is 9.69 Å². The molecule has 2 aliphatic heterocycles. The summed E-state index contributed by atoms with van der Waals surface area (Å²) in [5.41, 5.74) is 1.71. The Morgan fingerprint density at radius 3 is 2.35 bits per heavy atom. The number of sulfonamides is 1. The third-order valence-electron chi connectivity index (χ3n) is 6.88. The van der Waals surface area contributed by atoms with Gasteiger partial charge in [-0.2, -0.15) is 4.31 Å². The molecule has 1 saturated heterocycles. The molecule has 2 aliphatic rings. The molecule has 1 amide bonds. The molecule has 0 bridgehead atoms. The number of rotatable bonds is 7. The molecule has 1 aromatic heterocycles. The third kappa shape index (κ3) is 6.37. The molecule has 2 atom stereocenters. The summed E-state index contributed by atoms with van der Waals surface area (Å²) in [6.07, 6.45) is 1.74. The lowest BCUT2D eigenvalue weighted by Crippen LogP contribution is -2.42. The van der Waals surface area contributed by atoms with Gasteiger partial charge in [0.05, 0.1) is 17.1 Å². The second-order valence-electron chi connectivity index (χ2n) is 9.79. The highest BCUT2D eigenvalue weighted by Crippen LogP contribution is 2.38. The van der Waals surface area contributed by atoms with Gasteiger partial charge in [-0.15, -0.1) is 23.7 Å². The Bertz CT molecular complexity index is 1220. The lowest BCUT2D eigenvalue weighted by atomic mass is 9.94. The van der Waals surface area contributed by atoms with Crippen LogP contribution in [0.2, 0.25) is 0 Å². The lowest BCUT2D eigenvalue weighted by molar-refractivity contribution is 0.0526. The van der Waals surface area contributed by atoms with Crippen LogP contribution in [-0.2, 0) is 27.7 Å². The summed E-state index contributed by atoms with van der Waals surface area (Å²) in [7, 11) is -3.63. The number of anilines is 1.